The number of hydrogen-bond donors (Lipinski definition) is 3. The molecule has 27 heavy (non-hydrogen) atoms. The van der Waals surface area contributed by atoms with E-state index in [1.807, 2.05) is 18.2 Å². The zero-order chi connectivity index (χ0) is 18.2. The van der Waals surface area contributed by atoms with Crippen molar-refractivity contribution >= 4 is 28.4 Å². The predicted octanol–water partition coefficient (Wildman–Crippen LogP) is 4.05. The topological polar surface area (TPSA) is 65.1 Å². The van der Waals surface area contributed by atoms with Gasteiger partial charge in [-0.3, -0.25) is 0 Å². The van der Waals surface area contributed by atoms with E-state index in [0.29, 0.717) is 6.04 Å². The first-order valence-corrected chi connectivity index (χ1v) is 9.70. The summed E-state index contributed by atoms with van der Waals surface area (Å²) in [4.78, 5) is 12.2. The van der Waals surface area contributed by atoms with Gasteiger partial charge in [0.15, 0.2) is 0 Å². The lowest BCUT2D eigenvalue weighted by atomic mass is 10.0. The SMILES string of the molecule is CC1CCCCN1c1nc(NC2NNc3ccccc32)c2ccccc2n1. The highest BCUT2D eigenvalue weighted by Crippen LogP contribution is 2.32. The first-order valence-electron chi connectivity index (χ1n) is 9.70. The van der Waals surface area contributed by atoms with Gasteiger partial charge in [-0.1, -0.05) is 30.3 Å². The largest absolute Gasteiger partial charge is 0.349 e. The van der Waals surface area contributed by atoms with Gasteiger partial charge < -0.3 is 15.6 Å². The standard InChI is InChI=1S/C21H24N6/c1-14-8-6-7-13-27(14)21-22-17-11-4-2-9-15(17)19(24-21)23-20-16-10-3-5-12-18(16)25-26-20/h2-5,9-12,14,20,25-26H,6-8,13H2,1H3,(H,22,23,24). The highest BCUT2D eigenvalue weighted by atomic mass is 15.5. The molecule has 0 saturated carbocycles. The molecule has 1 fully saturated rings. The number of anilines is 3. The number of hydrogen-bond acceptors (Lipinski definition) is 6. The fraction of sp³-hybridized carbons (Fsp3) is 0.333. The third-order valence-electron chi connectivity index (χ3n) is 5.56. The van der Waals surface area contributed by atoms with E-state index in [1.54, 1.807) is 0 Å². The van der Waals surface area contributed by atoms with Gasteiger partial charge in [-0.25, -0.2) is 10.4 Å². The average molecular weight is 360 g/mol. The highest BCUT2D eigenvalue weighted by Gasteiger charge is 2.25. The van der Waals surface area contributed by atoms with Crippen LogP contribution >= 0.6 is 0 Å². The van der Waals surface area contributed by atoms with Gasteiger partial charge in [0, 0.05) is 23.5 Å². The molecular formula is C21H24N6. The Kier molecular flexibility index (Phi) is 4.05. The van der Waals surface area contributed by atoms with E-state index in [9.17, 15) is 0 Å². The van der Waals surface area contributed by atoms with E-state index in [-0.39, 0.29) is 6.17 Å². The minimum Gasteiger partial charge on any atom is -0.349 e. The molecule has 6 heteroatoms. The molecule has 0 aliphatic carbocycles. The molecule has 3 heterocycles. The number of aromatic nitrogens is 2. The number of nitrogens with one attached hydrogen (secondary N) is 3. The van der Waals surface area contributed by atoms with Crippen molar-refractivity contribution in [3.05, 3.63) is 54.1 Å². The maximum atomic E-state index is 4.95. The number of fused-ring (bicyclic) bond motifs is 2. The van der Waals surface area contributed by atoms with Gasteiger partial charge in [-0.05, 0) is 44.4 Å². The number of benzene rings is 2. The summed E-state index contributed by atoms with van der Waals surface area (Å²) >= 11 is 0. The molecule has 1 saturated heterocycles. The summed E-state index contributed by atoms with van der Waals surface area (Å²) in [6.45, 7) is 3.29. The number of hydrazine groups is 1. The number of para-hydroxylation sites is 2. The van der Waals surface area contributed by atoms with Gasteiger partial charge in [0.2, 0.25) is 5.95 Å². The lowest BCUT2D eigenvalue weighted by Gasteiger charge is -2.33. The van der Waals surface area contributed by atoms with E-state index < -0.39 is 0 Å². The van der Waals surface area contributed by atoms with Crippen molar-refractivity contribution in [2.45, 2.75) is 38.4 Å². The minimum atomic E-state index is -0.0360. The van der Waals surface area contributed by atoms with Crippen LogP contribution in [0, 0.1) is 0 Å². The van der Waals surface area contributed by atoms with Crippen LogP contribution in [-0.4, -0.2) is 22.6 Å². The van der Waals surface area contributed by atoms with Gasteiger partial charge in [-0.15, -0.1) is 0 Å². The van der Waals surface area contributed by atoms with Gasteiger partial charge in [0.25, 0.3) is 0 Å². The van der Waals surface area contributed by atoms with Crippen molar-refractivity contribution in [1.82, 2.24) is 15.4 Å². The van der Waals surface area contributed by atoms with Crippen molar-refractivity contribution in [3.8, 4) is 0 Å². The second kappa shape index (κ2) is 6.70. The molecule has 2 unspecified atom stereocenters. The normalized spacial score (nSPS) is 21.7. The van der Waals surface area contributed by atoms with Crippen LogP contribution in [-0.2, 0) is 0 Å². The summed E-state index contributed by atoms with van der Waals surface area (Å²) in [7, 11) is 0. The molecule has 0 radical (unpaired) electrons. The zero-order valence-electron chi connectivity index (χ0n) is 15.4. The van der Waals surface area contributed by atoms with Crippen LogP contribution in [0.3, 0.4) is 0 Å². The first kappa shape index (κ1) is 16.3. The van der Waals surface area contributed by atoms with Crippen molar-refractivity contribution in [1.29, 1.82) is 0 Å². The molecular weight excluding hydrogens is 336 g/mol. The number of rotatable bonds is 3. The maximum absolute atomic E-state index is 4.95. The molecule has 5 rings (SSSR count). The Labute approximate surface area is 159 Å². The monoisotopic (exact) mass is 360 g/mol. The third kappa shape index (κ3) is 2.96. The number of nitrogens with zero attached hydrogens (tertiary/aromatic N) is 3. The Morgan fingerprint density at radius 2 is 1.89 bits per heavy atom. The quantitative estimate of drug-likeness (QED) is 0.655. The molecule has 0 bridgehead atoms. The summed E-state index contributed by atoms with van der Waals surface area (Å²) in [5.74, 6) is 1.69. The average Bonchev–Trinajstić information content (AvgIpc) is 3.11. The molecule has 3 aromatic rings. The molecule has 2 aromatic carbocycles. The van der Waals surface area contributed by atoms with Crippen LogP contribution in [0.2, 0.25) is 0 Å². The fourth-order valence-electron chi connectivity index (χ4n) is 4.04. The van der Waals surface area contributed by atoms with Crippen molar-refractivity contribution in [2.75, 3.05) is 22.2 Å². The molecule has 2 aliphatic heterocycles. The predicted molar refractivity (Wildman–Crippen MR) is 110 cm³/mol. The molecule has 1 aromatic heterocycles. The summed E-state index contributed by atoms with van der Waals surface area (Å²) in [5, 5.41) is 4.62. The van der Waals surface area contributed by atoms with Gasteiger partial charge in [0.05, 0.1) is 11.2 Å². The summed E-state index contributed by atoms with van der Waals surface area (Å²) < 4.78 is 0. The molecule has 2 atom stereocenters. The first-order chi connectivity index (χ1) is 13.3. The van der Waals surface area contributed by atoms with Crippen molar-refractivity contribution < 1.29 is 0 Å². The second-order valence-electron chi connectivity index (χ2n) is 7.36. The second-order valence-corrected chi connectivity index (χ2v) is 7.36. The summed E-state index contributed by atoms with van der Waals surface area (Å²) in [6, 6.07) is 17.0. The Bertz CT molecular complexity index is 972. The van der Waals surface area contributed by atoms with Crippen LogP contribution in [0.5, 0.6) is 0 Å². The lowest BCUT2D eigenvalue weighted by molar-refractivity contribution is 0.477. The minimum absolute atomic E-state index is 0.0360. The van der Waals surface area contributed by atoms with Crippen molar-refractivity contribution in [3.63, 3.8) is 0 Å². The van der Waals surface area contributed by atoms with E-state index >= 15 is 0 Å². The summed E-state index contributed by atoms with van der Waals surface area (Å²) in [6.07, 6.45) is 3.64. The van der Waals surface area contributed by atoms with Crippen molar-refractivity contribution in [2.24, 2.45) is 0 Å². The number of piperidine rings is 1. The Balaban J connectivity index is 1.55. The molecule has 138 valence electrons. The molecule has 2 aliphatic rings. The Hall–Kier alpha value is -2.86. The van der Waals surface area contributed by atoms with E-state index in [0.717, 1.165) is 34.9 Å². The molecule has 6 nitrogen and oxygen atoms in total. The highest BCUT2D eigenvalue weighted by molar-refractivity contribution is 5.90. The molecule has 0 amide bonds. The van der Waals surface area contributed by atoms with E-state index in [4.69, 9.17) is 9.97 Å². The van der Waals surface area contributed by atoms with Gasteiger partial charge >= 0.3 is 0 Å². The Morgan fingerprint density at radius 1 is 1.04 bits per heavy atom. The molecule has 3 N–H and O–H groups in total. The zero-order valence-corrected chi connectivity index (χ0v) is 15.4. The molecule has 0 spiro atoms. The van der Waals surface area contributed by atoms with Crippen LogP contribution in [0.15, 0.2) is 48.5 Å². The smallest absolute Gasteiger partial charge is 0.228 e. The maximum Gasteiger partial charge on any atom is 0.228 e. The fourth-order valence-corrected chi connectivity index (χ4v) is 4.04. The van der Waals surface area contributed by atoms with Crippen LogP contribution in [0.4, 0.5) is 17.5 Å². The third-order valence-corrected chi connectivity index (χ3v) is 5.56. The van der Waals surface area contributed by atoms with E-state index in [1.165, 1.54) is 24.8 Å². The Morgan fingerprint density at radius 3 is 2.81 bits per heavy atom. The van der Waals surface area contributed by atoms with E-state index in [2.05, 4.69) is 58.3 Å². The van der Waals surface area contributed by atoms with Crippen LogP contribution < -0.4 is 21.1 Å². The van der Waals surface area contributed by atoms with Gasteiger partial charge in [-0.2, -0.15) is 4.98 Å². The lowest BCUT2D eigenvalue weighted by Crippen LogP contribution is -2.38. The van der Waals surface area contributed by atoms with Crippen LogP contribution in [0.25, 0.3) is 10.9 Å². The van der Waals surface area contributed by atoms with Crippen LogP contribution in [0.1, 0.15) is 37.9 Å². The van der Waals surface area contributed by atoms with Gasteiger partial charge in [0.1, 0.15) is 12.0 Å². The summed E-state index contributed by atoms with van der Waals surface area (Å²) in [5.41, 5.74) is 9.80.